The molecule has 0 radical (unpaired) electrons. The second-order valence-electron chi connectivity index (χ2n) is 4.88. The van der Waals surface area contributed by atoms with Gasteiger partial charge in [-0.2, -0.15) is 0 Å². The van der Waals surface area contributed by atoms with Gasteiger partial charge in [0.1, 0.15) is 6.29 Å². The summed E-state index contributed by atoms with van der Waals surface area (Å²) in [5.41, 5.74) is 0.778. The van der Waals surface area contributed by atoms with Crippen molar-refractivity contribution in [3.63, 3.8) is 0 Å². The van der Waals surface area contributed by atoms with E-state index < -0.39 is 0 Å². The summed E-state index contributed by atoms with van der Waals surface area (Å²) < 4.78 is 0. The van der Waals surface area contributed by atoms with Crippen LogP contribution in [0.1, 0.15) is 42.5 Å². The van der Waals surface area contributed by atoms with Gasteiger partial charge in [-0.15, -0.1) is 0 Å². The molecule has 0 aromatic heterocycles. The molecule has 0 heterocycles. The number of nitrogens with one attached hydrogen (secondary N) is 1. The van der Waals surface area contributed by atoms with E-state index >= 15 is 0 Å². The first kappa shape index (κ1) is 14.4. The Labute approximate surface area is 122 Å². The Hall–Kier alpha value is -1.06. The van der Waals surface area contributed by atoms with Gasteiger partial charge < -0.3 is 5.32 Å². The van der Waals surface area contributed by atoms with Crippen LogP contribution in [0, 0.1) is 5.92 Å². The maximum atomic E-state index is 11.9. The number of hydrogen-bond donors (Lipinski definition) is 1. The average molecular weight is 300 g/mol. The lowest BCUT2D eigenvalue weighted by molar-refractivity contribution is -0.117. The molecule has 0 saturated heterocycles. The molecule has 1 aromatic carbocycles. The van der Waals surface area contributed by atoms with E-state index in [1.165, 1.54) is 25.0 Å². The molecule has 0 unspecified atom stereocenters. The van der Waals surface area contributed by atoms with Gasteiger partial charge in [0.05, 0.1) is 15.7 Å². The lowest BCUT2D eigenvalue weighted by Gasteiger charge is -2.12. The van der Waals surface area contributed by atoms with Gasteiger partial charge in [0, 0.05) is 12.0 Å². The predicted octanol–water partition coefficient (Wildman–Crippen LogP) is 4.32. The summed E-state index contributed by atoms with van der Waals surface area (Å²) in [6.07, 6.45) is 5.79. The summed E-state index contributed by atoms with van der Waals surface area (Å²) in [5, 5.41) is 3.31. The van der Waals surface area contributed by atoms with Crippen molar-refractivity contribution in [2.24, 2.45) is 5.92 Å². The third kappa shape index (κ3) is 3.71. The molecule has 1 aromatic rings. The van der Waals surface area contributed by atoms with E-state index in [2.05, 4.69) is 5.32 Å². The highest BCUT2D eigenvalue weighted by molar-refractivity contribution is 6.40. The highest BCUT2D eigenvalue weighted by Crippen LogP contribution is 2.33. The zero-order chi connectivity index (χ0) is 13.8. The van der Waals surface area contributed by atoms with Gasteiger partial charge in [-0.1, -0.05) is 36.0 Å². The fourth-order valence-electron chi connectivity index (χ4n) is 2.45. The van der Waals surface area contributed by atoms with Crippen LogP contribution in [0.15, 0.2) is 12.1 Å². The molecular weight excluding hydrogens is 285 g/mol. The Morgan fingerprint density at radius 3 is 2.37 bits per heavy atom. The molecule has 1 amide bonds. The summed E-state index contributed by atoms with van der Waals surface area (Å²) in [7, 11) is 0. The third-order valence-corrected chi connectivity index (χ3v) is 4.01. The van der Waals surface area contributed by atoms with Crippen molar-refractivity contribution in [3.05, 3.63) is 27.7 Å². The Balaban J connectivity index is 2.05. The van der Waals surface area contributed by atoms with Crippen LogP contribution in [-0.2, 0) is 4.79 Å². The van der Waals surface area contributed by atoms with Crippen LogP contribution in [0.5, 0.6) is 0 Å². The number of hydrogen-bond acceptors (Lipinski definition) is 2. The topological polar surface area (TPSA) is 46.2 Å². The first-order valence-electron chi connectivity index (χ1n) is 6.34. The summed E-state index contributed by atoms with van der Waals surface area (Å²) in [4.78, 5) is 22.6. The molecule has 1 N–H and O–H groups in total. The zero-order valence-electron chi connectivity index (χ0n) is 10.4. The van der Waals surface area contributed by atoms with Gasteiger partial charge in [-0.05, 0) is 30.9 Å². The Kier molecular flexibility index (Phi) is 4.83. The molecular formula is C14H15Cl2NO2. The molecule has 0 spiro atoms. The standard InChI is InChI=1S/C14H15Cl2NO2/c15-11-5-10(8-18)6-12(16)14(11)17-13(19)7-9-3-1-2-4-9/h5-6,8-9H,1-4,7H2,(H,17,19). The molecule has 1 aliphatic rings. The summed E-state index contributed by atoms with van der Waals surface area (Å²) in [5.74, 6) is 0.390. The van der Waals surface area contributed by atoms with Crippen LogP contribution in [-0.4, -0.2) is 12.2 Å². The van der Waals surface area contributed by atoms with E-state index in [1.807, 2.05) is 0 Å². The minimum atomic E-state index is -0.0745. The van der Waals surface area contributed by atoms with Gasteiger partial charge in [0.15, 0.2) is 0 Å². The fourth-order valence-corrected chi connectivity index (χ4v) is 3.05. The molecule has 0 atom stereocenters. The first-order valence-corrected chi connectivity index (χ1v) is 7.10. The molecule has 1 saturated carbocycles. The maximum absolute atomic E-state index is 11.9. The van der Waals surface area contributed by atoms with Crippen molar-refractivity contribution in [1.29, 1.82) is 0 Å². The Morgan fingerprint density at radius 2 is 1.84 bits per heavy atom. The molecule has 19 heavy (non-hydrogen) atoms. The maximum Gasteiger partial charge on any atom is 0.224 e. The second-order valence-corrected chi connectivity index (χ2v) is 5.69. The fraction of sp³-hybridized carbons (Fsp3) is 0.429. The first-order chi connectivity index (χ1) is 9.10. The van der Waals surface area contributed by atoms with Gasteiger partial charge in [0.25, 0.3) is 0 Å². The number of amides is 1. The van der Waals surface area contributed by atoms with Crippen molar-refractivity contribution in [3.8, 4) is 0 Å². The molecule has 1 fully saturated rings. The van der Waals surface area contributed by atoms with Crippen LogP contribution in [0.2, 0.25) is 10.0 Å². The number of aldehydes is 1. The zero-order valence-corrected chi connectivity index (χ0v) is 11.9. The normalized spacial score (nSPS) is 15.5. The van der Waals surface area contributed by atoms with E-state index in [0.717, 1.165) is 12.8 Å². The van der Waals surface area contributed by atoms with E-state index in [9.17, 15) is 9.59 Å². The van der Waals surface area contributed by atoms with E-state index in [4.69, 9.17) is 23.2 Å². The molecule has 102 valence electrons. The summed E-state index contributed by atoms with van der Waals surface area (Å²) in [6.45, 7) is 0. The van der Waals surface area contributed by atoms with Crippen LogP contribution in [0.3, 0.4) is 0 Å². The van der Waals surface area contributed by atoms with Crippen LogP contribution < -0.4 is 5.32 Å². The quantitative estimate of drug-likeness (QED) is 0.841. The highest BCUT2D eigenvalue weighted by atomic mass is 35.5. The van der Waals surface area contributed by atoms with Crippen molar-refractivity contribution < 1.29 is 9.59 Å². The number of rotatable bonds is 4. The minimum Gasteiger partial charge on any atom is -0.324 e. The SMILES string of the molecule is O=Cc1cc(Cl)c(NC(=O)CC2CCCC2)c(Cl)c1. The summed E-state index contributed by atoms with van der Waals surface area (Å²) in [6, 6.07) is 2.98. The average Bonchev–Trinajstić information content (AvgIpc) is 2.86. The van der Waals surface area contributed by atoms with Gasteiger partial charge >= 0.3 is 0 Å². The molecule has 0 aliphatic heterocycles. The van der Waals surface area contributed by atoms with Gasteiger partial charge in [-0.3, -0.25) is 9.59 Å². The molecule has 1 aliphatic carbocycles. The molecule has 5 heteroatoms. The molecule has 3 nitrogen and oxygen atoms in total. The smallest absolute Gasteiger partial charge is 0.224 e. The van der Waals surface area contributed by atoms with Crippen molar-refractivity contribution in [1.82, 2.24) is 0 Å². The third-order valence-electron chi connectivity index (χ3n) is 3.41. The van der Waals surface area contributed by atoms with Crippen molar-refractivity contribution in [2.45, 2.75) is 32.1 Å². The van der Waals surface area contributed by atoms with Gasteiger partial charge in [-0.25, -0.2) is 0 Å². The number of carbonyl (C=O) groups is 2. The molecule has 0 bridgehead atoms. The monoisotopic (exact) mass is 299 g/mol. The van der Waals surface area contributed by atoms with Crippen molar-refractivity contribution in [2.75, 3.05) is 5.32 Å². The van der Waals surface area contributed by atoms with E-state index in [1.54, 1.807) is 0 Å². The highest BCUT2D eigenvalue weighted by Gasteiger charge is 2.19. The number of anilines is 1. The number of carbonyl (C=O) groups excluding carboxylic acids is 2. The van der Waals surface area contributed by atoms with Crippen LogP contribution >= 0.6 is 23.2 Å². The van der Waals surface area contributed by atoms with Crippen LogP contribution in [0.25, 0.3) is 0 Å². The molecule has 2 rings (SSSR count). The van der Waals surface area contributed by atoms with Crippen molar-refractivity contribution >= 4 is 41.1 Å². The lowest BCUT2D eigenvalue weighted by Crippen LogP contribution is -2.15. The minimum absolute atomic E-state index is 0.0745. The predicted molar refractivity (Wildman–Crippen MR) is 77.1 cm³/mol. The number of halogens is 2. The largest absolute Gasteiger partial charge is 0.324 e. The number of benzene rings is 1. The van der Waals surface area contributed by atoms with Crippen LogP contribution in [0.4, 0.5) is 5.69 Å². The second kappa shape index (κ2) is 6.40. The lowest BCUT2D eigenvalue weighted by atomic mass is 10.0. The van der Waals surface area contributed by atoms with E-state index in [-0.39, 0.29) is 16.0 Å². The van der Waals surface area contributed by atoms with Gasteiger partial charge in [0.2, 0.25) is 5.91 Å². The Bertz CT molecular complexity index is 473. The summed E-state index contributed by atoms with van der Waals surface area (Å²) >= 11 is 12.0. The van der Waals surface area contributed by atoms with E-state index in [0.29, 0.717) is 29.9 Å². The Morgan fingerprint density at radius 1 is 1.26 bits per heavy atom.